The number of phenolic OH excluding ortho intramolecular Hbond substituents is 1. The number of ether oxygens (including phenoxy) is 2. The number of nitrogens with two attached hydrogens (primary N) is 1. The molecule has 2 saturated carbocycles. The van der Waals surface area contributed by atoms with Crippen LogP contribution >= 0.6 is 0 Å². The third kappa shape index (κ3) is 4.73. The number of phenols is 1. The summed E-state index contributed by atoms with van der Waals surface area (Å²) in [6.45, 7) is 1.41. The fraction of sp³-hybridized carbons (Fsp3) is 0.481. The van der Waals surface area contributed by atoms with Gasteiger partial charge in [-0.25, -0.2) is 23.1 Å². The van der Waals surface area contributed by atoms with E-state index in [1.54, 1.807) is 6.07 Å². The minimum Gasteiger partial charge on any atom is -0.508 e. The largest absolute Gasteiger partial charge is 0.508 e. The van der Waals surface area contributed by atoms with Gasteiger partial charge >= 0.3 is 11.9 Å². The van der Waals surface area contributed by atoms with E-state index >= 15 is 0 Å². The van der Waals surface area contributed by atoms with Crippen LogP contribution in [0.15, 0.2) is 47.4 Å². The second-order valence-electron chi connectivity index (χ2n) is 10.7. The molecule has 3 aliphatic carbocycles. The van der Waals surface area contributed by atoms with Crippen molar-refractivity contribution in [1.82, 2.24) is 0 Å². The summed E-state index contributed by atoms with van der Waals surface area (Å²) in [6, 6.07) is 10.6. The third-order valence-corrected chi connectivity index (χ3v) is 9.53. The van der Waals surface area contributed by atoms with Gasteiger partial charge in [0.2, 0.25) is 10.0 Å². The van der Waals surface area contributed by atoms with Crippen molar-refractivity contribution in [3.05, 3.63) is 59.2 Å². The molecule has 2 fully saturated rings. The molecule has 0 aromatic heterocycles. The maximum absolute atomic E-state index is 12.7. The van der Waals surface area contributed by atoms with Crippen LogP contribution in [0.25, 0.3) is 0 Å². The minimum atomic E-state index is -4.00. The average molecular weight is 530 g/mol. The van der Waals surface area contributed by atoms with Crippen molar-refractivity contribution in [1.29, 1.82) is 0 Å². The molecule has 0 bridgehead atoms. The van der Waals surface area contributed by atoms with Crippen molar-refractivity contribution in [3.8, 4) is 5.75 Å². The maximum atomic E-state index is 12.7. The summed E-state index contributed by atoms with van der Waals surface area (Å²) in [5, 5.41) is 25.9. The number of carbonyl (C=O) groups excluding carboxylic acids is 2. The number of aryl methyl sites for hydroxylation is 1. The van der Waals surface area contributed by atoms with Crippen LogP contribution in [-0.2, 0) is 30.7 Å². The molecule has 0 amide bonds. The Hall–Kier alpha value is -2.95. The van der Waals surface area contributed by atoms with E-state index in [0.717, 1.165) is 31.7 Å². The third-order valence-electron chi connectivity index (χ3n) is 8.62. The Morgan fingerprint density at radius 3 is 2.70 bits per heavy atom. The lowest BCUT2D eigenvalue weighted by Crippen LogP contribution is -2.46. The fourth-order valence-electron chi connectivity index (χ4n) is 6.93. The zero-order valence-corrected chi connectivity index (χ0v) is 21.3. The summed E-state index contributed by atoms with van der Waals surface area (Å²) in [7, 11) is -4.00. The molecule has 0 heterocycles. The molecule has 5 rings (SSSR count). The number of fused-ring (bicyclic) bond motifs is 5. The van der Waals surface area contributed by atoms with Crippen molar-refractivity contribution in [2.75, 3.05) is 6.61 Å². The van der Waals surface area contributed by atoms with Crippen LogP contribution in [0.3, 0.4) is 0 Å². The Kier molecular flexibility index (Phi) is 6.54. The molecule has 4 N–H and O–H groups in total. The summed E-state index contributed by atoms with van der Waals surface area (Å²) in [5.41, 5.74) is 1.99. The van der Waals surface area contributed by atoms with Crippen LogP contribution in [0.5, 0.6) is 5.75 Å². The van der Waals surface area contributed by atoms with Crippen LogP contribution in [0.4, 0.5) is 0 Å². The van der Waals surface area contributed by atoms with E-state index in [-0.39, 0.29) is 22.1 Å². The number of sulfonamides is 1. The van der Waals surface area contributed by atoms with Crippen molar-refractivity contribution in [2.45, 2.75) is 62.0 Å². The molecule has 6 atom stereocenters. The van der Waals surface area contributed by atoms with Gasteiger partial charge in [-0.05, 0) is 91.3 Å². The highest BCUT2D eigenvalue weighted by Crippen LogP contribution is 2.61. The first kappa shape index (κ1) is 25.7. The number of aliphatic hydroxyl groups is 1. The standard InChI is InChI=1S/C27H31NO8S/c1-27-10-9-20-19-8-6-17(29)11-15(19)5-7-21(20)22(27)13-23(30)25(27)36-24(31)14-35-26(32)16-3-2-4-18(12-16)37(28,33)34/h2-4,6,8,11-12,20-23,25,29-30H,5,7,9-10,13-14H2,1H3,(H2,28,33,34)/t20?,21?,22?,23-,25+,27+/m1/s1. The molecule has 9 nitrogen and oxygen atoms in total. The Labute approximate surface area is 215 Å². The van der Waals surface area contributed by atoms with Gasteiger partial charge in [-0.1, -0.05) is 19.1 Å². The Balaban J connectivity index is 1.24. The van der Waals surface area contributed by atoms with Gasteiger partial charge in [0.1, 0.15) is 11.9 Å². The summed E-state index contributed by atoms with van der Waals surface area (Å²) < 4.78 is 33.8. The van der Waals surface area contributed by atoms with Crippen LogP contribution < -0.4 is 5.14 Å². The average Bonchev–Trinajstić information content (AvgIpc) is 3.11. The molecule has 2 aromatic carbocycles. The van der Waals surface area contributed by atoms with Crippen LogP contribution in [0.2, 0.25) is 0 Å². The molecular weight excluding hydrogens is 498 g/mol. The molecule has 0 radical (unpaired) electrons. The van der Waals surface area contributed by atoms with Gasteiger partial charge in [0.25, 0.3) is 0 Å². The number of aliphatic hydroxyl groups excluding tert-OH is 1. The number of rotatable bonds is 5. The van der Waals surface area contributed by atoms with E-state index in [2.05, 4.69) is 6.92 Å². The zero-order chi connectivity index (χ0) is 26.5. The topological polar surface area (TPSA) is 153 Å². The summed E-state index contributed by atoms with van der Waals surface area (Å²) in [5.74, 6) is -0.515. The van der Waals surface area contributed by atoms with E-state index in [1.807, 2.05) is 12.1 Å². The quantitative estimate of drug-likeness (QED) is 0.500. The van der Waals surface area contributed by atoms with Gasteiger partial charge in [-0.3, -0.25) is 0 Å². The van der Waals surface area contributed by atoms with E-state index in [9.17, 15) is 28.2 Å². The van der Waals surface area contributed by atoms with E-state index in [1.165, 1.54) is 29.3 Å². The highest BCUT2D eigenvalue weighted by Gasteiger charge is 2.59. The van der Waals surface area contributed by atoms with Crippen molar-refractivity contribution < 1.29 is 37.7 Å². The molecule has 2 aromatic rings. The predicted octanol–water partition coefficient (Wildman–Crippen LogP) is 2.64. The maximum Gasteiger partial charge on any atom is 0.344 e. The van der Waals surface area contributed by atoms with Crippen molar-refractivity contribution in [3.63, 3.8) is 0 Å². The normalized spacial score (nSPS) is 30.5. The van der Waals surface area contributed by atoms with Gasteiger partial charge in [-0.15, -0.1) is 0 Å². The number of benzene rings is 2. The number of hydrogen-bond donors (Lipinski definition) is 3. The molecule has 198 valence electrons. The fourth-order valence-corrected chi connectivity index (χ4v) is 7.49. The zero-order valence-electron chi connectivity index (χ0n) is 20.5. The number of aromatic hydroxyl groups is 1. The lowest BCUT2D eigenvalue weighted by molar-refractivity contribution is -0.167. The molecule has 0 spiro atoms. The van der Waals surface area contributed by atoms with Crippen LogP contribution in [-0.4, -0.2) is 49.4 Å². The SMILES string of the molecule is C[C@]12CCC3c4ccc(O)cc4CCC3C1C[C@@H](O)[C@@H]2OC(=O)COC(=O)c1cccc(S(N)(=O)=O)c1. The number of carbonyl (C=O) groups is 2. The second-order valence-corrected chi connectivity index (χ2v) is 12.3. The first-order chi connectivity index (χ1) is 17.5. The Bertz CT molecular complexity index is 1340. The summed E-state index contributed by atoms with van der Waals surface area (Å²) in [6.07, 6.45) is 2.48. The number of hydrogen-bond acceptors (Lipinski definition) is 8. The van der Waals surface area contributed by atoms with E-state index < -0.39 is 46.2 Å². The predicted molar refractivity (Wildman–Crippen MR) is 132 cm³/mol. The van der Waals surface area contributed by atoms with Crippen LogP contribution in [0, 0.1) is 17.3 Å². The van der Waals surface area contributed by atoms with E-state index in [0.29, 0.717) is 18.3 Å². The van der Waals surface area contributed by atoms with Crippen LogP contribution in [0.1, 0.15) is 60.0 Å². The lowest BCUT2D eigenvalue weighted by atomic mass is 9.55. The summed E-state index contributed by atoms with van der Waals surface area (Å²) in [4.78, 5) is 24.8. The molecule has 37 heavy (non-hydrogen) atoms. The van der Waals surface area contributed by atoms with Crippen molar-refractivity contribution in [2.24, 2.45) is 22.4 Å². The molecule has 0 saturated heterocycles. The Morgan fingerprint density at radius 1 is 1.16 bits per heavy atom. The highest BCUT2D eigenvalue weighted by atomic mass is 32.2. The van der Waals surface area contributed by atoms with Gasteiger partial charge in [0.15, 0.2) is 6.61 Å². The highest BCUT2D eigenvalue weighted by molar-refractivity contribution is 7.89. The molecule has 0 aliphatic heterocycles. The van der Waals surface area contributed by atoms with Gasteiger partial charge in [0, 0.05) is 5.41 Å². The monoisotopic (exact) mass is 529 g/mol. The lowest BCUT2D eigenvalue weighted by Gasteiger charge is -2.50. The van der Waals surface area contributed by atoms with Gasteiger partial charge < -0.3 is 19.7 Å². The smallest absolute Gasteiger partial charge is 0.344 e. The van der Waals surface area contributed by atoms with Gasteiger partial charge in [-0.2, -0.15) is 0 Å². The second kappa shape index (κ2) is 9.41. The first-order valence-electron chi connectivity index (χ1n) is 12.5. The summed E-state index contributed by atoms with van der Waals surface area (Å²) >= 11 is 0. The Morgan fingerprint density at radius 2 is 1.95 bits per heavy atom. The van der Waals surface area contributed by atoms with E-state index in [4.69, 9.17) is 14.6 Å². The molecule has 3 aliphatic rings. The molecule has 3 unspecified atom stereocenters. The molecule has 10 heteroatoms. The number of esters is 2. The van der Waals surface area contributed by atoms with Crippen molar-refractivity contribution >= 4 is 22.0 Å². The minimum absolute atomic E-state index is 0.0588. The first-order valence-corrected chi connectivity index (χ1v) is 14.0. The number of primary sulfonamides is 1. The van der Waals surface area contributed by atoms with Gasteiger partial charge in [0.05, 0.1) is 16.6 Å². The molecular formula is C27H31NO8S.